The lowest BCUT2D eigenvalue weighted by Crippen LogP contribution is -2.40. The average Bonchev–Trinajstić information content (AvgIpc) is 2.62. The van der Waals surface area contributed by atoms with Gasteiger partial charge in [-0.1, -0.05) is 10.7 Å². The van der Waals surface area contributed by atoms with Crippen molar-refractivity contribution >= 4 is 26.1 Å². The van der Waals surface area contributed by atoms with Gasteiger partial charge in [0.2, 0.25) is 0 Å². The Bertz CT molecular complexity index is 657. The summed E-state index contributed by atoms with van der Waals surface area (Å²) in [5, 5.41) is -0.717. The van der Waals surface area contributed by atoms with E-state index in [0.29, 0.717) is 4.13 Å². The van der Waals surface area contributed by atoms with Gasteiger partial charge in [-0.3, -0.25) is 0 Å². The molecule has 0 aliphatic heterocycles. The lowest BCUT2D eigenvalue weighted by atomic mass is 10.4. The van der Waals surface area contributed by atoms with E-state index in [9.17, 15) is 30.0 Å². The SMILES string of the molecule is C=Cc1ccc(S(=O)(=O)NS(=O)(=O)C(F)(F)F)[nH]1. The normalized spacial score (nSPS) is 13.5. The molecule has 0 aromatic carbocycles. The quantitative estimate of drug-likeness (QED) is 0.859. The third-order valence-corrected chi connectivity index (χ3v) is 4.90. The maximum atomic E-state index is 12.0. The summed E-state index contributed by atoms with van der Waals surface area (Å²) in [5.74, 6) is 0. The van der Waals surface area contributed by atoms with Crippen molar-refractivity contribution in [3.63, 3.8) is 0 Å². The van der Waals surface area contributed by atoms with Crippen molar-refractivity contribution in [2.45, 2.75) is 10.5 Å². The highest BCUT2D eigenvalue weighted by molar-refractivity contribution is 8.05. The van der Waals surface area contributed by atoms with Gasteiger partial charge in [-0.2, -0.15) is 13.2 Å². The predicted octanol–water partition coefficient (Wildman–Crippen LogP) is 0.786. The van der Waals surface area contributed by atoms with E-state index in [1.54, 1.807) is 0 Å². The Hall–Kier alpha value is -1.33. The molecule has 0 aliphatic carbocycles. The average molecular weight is 304 g/mol. The van der Waals surface area contributed by atoms with E-state index in [4.69, 9.17) is 0 Å². The second-order valence-corrected chi connectivity index (χ2v) is 6.60. The van der Waals surface area contributed by atoms with E-state index in [0.717, 1.165) is 6.07 Å². The Labute approximate surface area is 101 Å². The number of aromatic nitrogens is 1. The van der Waals surface area contributed by atoms with Crippen LogP contribution in [0, 0.1) is 0 Å². The minimum absolute atomic E-state index is 0.208. The highest BCUT2D eigenvalue weighted by Crippen LogP contribution is 2.23. The van der Waals surface area contributed by atoms with Crippen LogP contribution in [-0.2, 0) is 20.0 Å². The predicted molar refractivity (Wildman–Crippen MR) is 56.2 cm³/mol. The molecule has 2 N–H and O–H groups in total. The van der Waals surface area contributed by atoms with Crippen molar-refractivity contribution in [2.24, 2.45) is 0 Å². The summed E-state index contributed by atoms with van der Waals surface area (Å²) in [5.41, 5.74) is -5.51. The standard InChI is InChI=1S/C7H7F3N2O4S2/c1-2-5-3-4-6(11-5)17(13,14)12-18(15,16)7(8,9)10/h2-4,11-12H,1H2. The Morgan fingerprint density at radius 2 is 1.78 bits per heavy atom. The first-order valence-corrected chi connectivity index (χ1v) is 7.12. The van der Waals surface area contributed by atoms with Crippen molar-refractivity contribution in [1.82, 2.24) is 9.11 Å². The van der Waals surface area contributed by atoms with E-state index >= 15 is 0 Å². The molecule has 0 saturated carbocycles. The Balaban J connectivity index is 3.14. The number of hydrogen-bond acceptors (Lipinski definition) is 4. The molecule has 0 aliphatic rings. The first-order valence-electron chi connectivity index (χ1n) is 4.16. The molecule has 11 heteroatoms. The van der Waals surface area contributed by atoms with Crippen LogP contribution in [0.2, 0.25) is 0 Å². The van der Waals surface area contributed by atoms with Crippen LogP contribution < -0.4 is 4.13 Å². The van der Waals surface area contributed by atoms with Crippen LogP contribution in [0.3, 0.4) is 0 Å². The summed E-state index contributed by atoms with van der Waals surface area (Å²) < 4.78 is 80.7. The van der Waals surface area contributed by atoms with Gasteiger partial charge in [-0.05, 0) is 18.2 Å². The third kappa shape index (κ3) is 2.91. The summed E-state index contributed by atoms with van der Waals surface area (Å²) in [6, 6.07) is 2.12. The van der Waals surface area contributed by atoms with Gasteiger partial charge < -0.3 is 4.98 Å². The second-order valence-electron chi connectivity index (χ2n) is 3.02. The largest absolute Gasteiger partial charge is 0.512 e. The number of nitrogens with one attached hydrogen (secondary N) is 2. The number of sulfonamides is 2. The molecule has 1 aromatic heterocycles. The number of rotatable bonds is 4. The Kier molecular flexibility index (Phi) is 3.60. The molecular weight excluding hydrogens is 297 g/mol. The van der Waals surface area contributed by atoms with E-state index in [1.165, 1.54) is 12.1 Å². The molecule has 1 aromatic rings. The number of aromatic amines is 1. The molecule has 6 nitrogen and oxygen atoms in total. The van der Waals surface area contributed by atoms with Crippen LogP contribution in [0.15, 0.2) is 23.7 Å². The molecule has 18 heavy (non-hydrogen) atoms. The van der Waals surface area contributed by atoms with Gasteiger partial charge >= 0.3 is 15.5 Å². The van der Waals surface area contributed by atoms with Gasteiger partial charge in [-0.25, -0.2) is 16.8 Å². The van der Waals surface area contributed by atoms with Crippen LogP contribution in [-0.4, -0.2) is 27.3 Å². The molecule has 0 radical (unpaired) electrons. The lowest BCUT2D eigenvalue weighted by Gasteiger charge is -2.08. The third-order valence-electron chi connectivity index (χ3n) is 1.72. The number of halogens is 3. The zero-order chi connectivity index (χ0) is 14.2. The number of alkyl halides is 3. The van der Waals surface area contributed by atoms with Gasteiger partial charge in [0.1, 0.15) is 5.03 Å². The summed E-state index contributed by atoms with van der Waals surface area (Å²) in [4.78, 5) is 2.18. The van der Waals surface area contributed by atoms with Gasteiger partial charge in [0.25, 0.3) is 10.0 Å². The first-order chi connectivity index (χ1) is 7.99. The van der Waals surface area contributed by atoms with Crippen LogP contribution >= 0.6 is 0 Å². The molecule has 1 rings (SSSR count). The fourth-order valence-electron chi connectivity index (χ4n) is 0.903. The fourth-order valence-corrected chi connectivity index (χ4v) is 3.30. The zero-order valence-electron chi connectivity index (χ0n) is 8.52. The molecule has 0 unspecified atom stereocenters. The van der Waals surface area contributed by atoms with Gasteiger partial charge in [0.05, 0.1) is 0 Å². The maximum Gasteiger partial charge on any atom is 0.512 e. The number of H-pyrrole nitrogens is 1. The van der Waals surface area contributed by atoms with Crippen LogP contribution in [0.25, 0.3) is 6.08 Å². The lowest BCUT2D eigenvalue weighted by molar-refractivity contribution is -0.0441. The van der Waals surface area contributed by atoms with Gasteiger partial charge in [-0.15, -0.1) is 0 Å². The summed E-state index contributed by atoms with van der Waals surface area (Å²) in [6.45, 7) is 3.30. The van der Waals surface area contributed by atoms with Gasteiger partial charge in [0, 0.05) is 5.69 Å². The highest BCUT2D eigenvalue weighted by atomic mass is 32.3. The minimum Gasteiger partial charge on any atom is -0.345 e. The summed E-state index contributed by atoms with van der Waals surface area (Å²) in [6.07, 6.45) is 1.21. The van der Waals surface area contributed by atoms with E-state index in [2.05, 4.69) is 11.6 Å². The number of hydrogen-bond donors (Lipinski definition) is 2. The molecule has 0 amide bonds. The monoisotopic (exact) mass is 304 g/mol. The maximum absolute atomic E-state index is 12.0. The van der Waals surface area contributed by atoms with E-state index in [-0.39, 0.29) is 5.69 Å². The van der Waals surface area contributed by atoms with Crippen molar-refractivity contribution in [3.8, 4) is 0 Å². The van der Waals surface area contributed by atoms with Crippen molar-refractivity contribution in [2.75, 3.05) is 0 Å². The summed E-state index contributed by atoms with van der Waals surface area (Å²) >= 11 is 0. The van der Waals surface area contributed by atoms with E-state index < -0.39 is 30.6 Å². The molecule has 102 valence electrons. The molecular formula is C7H7F3N2O4S2. The van der Waals surface area contributed by atoms with Crippen molar-refractivity contribution < 1.29 is 30.0 Å². The Morgan fingerprint density at radius 1 is 1.22 bits per heavy atom. The van der Waals surface area contributed by atoms with Gasteiger partial charge in [0.15, 0.2) is 0 Å². The molecule has 0 saturated heterocycles. The van der Waals surface area contributed by atoms with Crippen molar-refractivity contribution in [3.05, 3.63) is 24.4 Å². The zero-order valence-corrected chi connectivity index (χ0v) is 10.2. The fraction of sp³-hybridized carbons (Fsp3) is 0.143. The molecule has 0 spiro atoms. The van der Waals surface area contributed by atoms with Crippen LogP contribution in [0.4, 0.5) is 13.2 Å². The second kappa shape index (κ2) is 4.40. The molecule has 0 bridgehead atoms. The molecule has 0 fully saturated rings. The highest BCUT2D eigenvalue weighted by Gasteiger charge is 2.48. The van der Waals surface area contributed by atoms with Crippen LogP contribution in [0.5, 0.6) is 0 Å². The molecule has 1 heterocycles. The smallest absolute Gasteiger partial charge is 0.345 e. The van der Waals surface area contributed by atoms with E-state index in [1.807, 2.05) is 0 Å². The first kappa shape index (κ1) is 14.7. The van der Waals surface area contributed by atoms with Crippen molar-refractivity contribution in [1.29, 1.82) is 0 Å². The summed E-state index contributed by atoms with van der Waals surface area (Å²) in [7, 11) is -10.8. The van der Waals surface area contributed by atoms with Crippen LogP contribution in [0.1, 0.15) is 5.69 Å². The Morgan fingerprint density at radius 3 is 2.17 bits per heavy atom. The topological polar surface area (TPSA) is 96.1 Å². The minimum atomic E-state index is -5.98. The molecule has 0 atom stereocenters.